The topological polar surface area (TPSA) is 88.5 Å². The fourth-order valence-electron chi connectivity index (χ4n) is 3.80. The number of aliphatic hydroxyl groups is 2. The van der Waals surface area contributed by atoms with Crippen LogP contribution in [0.2, 0.25) is 0 Å². The standard InChI is InChI=1S/C24H27FN2O3/c1-15(2)27-21-6-4-3-5-20(21)24(16-7-9-17(25)10-8-16)22(27)12-11-18(28)13-19(29)14-23(26)30/h3-12,15,18-19,28-29H,13-14H2,1-2H3,(H2,26,30)/b12-11+. The minimum absolute atomic E-state index is 0.00717. The Balaban J connectivity index is 2.08. The van der Waals surface area contributed by atoms with Gasteiger partial charge in [-0.25, -0.2) is 4.39 Å². The van der Waals surface area contributed by atoms with Crippen molar-refractivity contribution in [2.45, 2.75) is 44.9 Å². The number of fused-ring (bicyclic) bond motifs is 1. The van der Waals surface area contributed by atoms with Crippen molar-refractivity contribution in [1.82, 2.24) is 4.57 Å². The number of nitrogens with two attached hydrogens (primary N) is 1. The number of amides is 1. The molecule has 0 radical (unpaired) electrons. The molecule has 1 aromatic heterocycles. The maximum absolute atomic E-state index is 13.5. The van der Waals surface area contributed by atoms with Gasteiger partial charge in [0.05, 0.1) is 18.6 Å². The molecule has 6 heteroatoms. The second-order valence-corrected chi connectivity index (χ2v) is 7.73. The fourth-order valence-corrected chi connectivity index (χ4v) is 3.80. The Bertz CT molecular complexity index is 1050. The van der Waals surface area contributed by atoms with E-state index in [0.717, 1.165) is 27.7 Å². The number of hydrogen-bond acceptors (Lipinski definition) is 3. The number of aromatic nitrogens is 1. The van der Waals surface area contributed by atoms with Crippen LogP contribution in [0.3, 0.4) is 0 Å². The van der Waals surface area contributed by atoms with Crippen LogP contribution in [-0.4, -0.2) is 32.9 Å². The van der Waals surface area contributed by atoms with Gasteiger partial charge in [0.15, 0.2) is 0 Å². The number of halogens is 1. The molecule has 0 saturated carbocycles. The Labute approximate surface area is 175 Å². The van der Waals surface area contributed by atoms with E-state index in [1.54, 1.807) is 18.2 Å². The van der Waals surface area contributed by atoms with Crippen molar-refractivity contribution in [3.8, 4) is 11.1 Å². The molecule has 4 N–H and O–H groups in total. The molecule has 0 bridgehead atoms. The minimum Gasteiger partial charge on any atom is -0.392 e. The molecule has 0 spiro atoms. The van der Waals surface area contributed by atoms with Crippen LogP contribution in [0.1, 0.15) is 38.4 Å². The zero-order valence-corrected chi connectivity index (χ0v) is 17.1. The molecule has 0 aliphatic heterocycles. The highest BCUT2D eigenvalue weighted by molar-refractivity contribution is 6.01. The first kappa shape index (κ1) is 21.7. The molecule has 0 saturated heterocycles. The lowest BCUT2D eigenvalue weighted by Gasteiger charge is -2.15. The van der Waals surface area contributed by atoms with E-state index in [1.807, 2.05) is 30.3 Å². The molecule has 30 heavy (non-hydrogen) atoms. The molecule has 3 aromatic rings. The van der Waals surface area contributed by atoms with Gasteiger partial charge in [-0.2, -0.15) is 0 Å². The third-order valence-electron chi connectivity index (χ3n) is 5.02. The SMILES string of the molecule is CC(C)n1c(/C=C/C(O)CC(O)CC(N)=O)c(-c2ccc(F)cc2)c2ccccc21. The molecule has 5 nitrogen and oxygen atoms in total. The summed E-state index contributed by atoms with van der Waals surface area (Å²) in [6.45, 7) is 4.15. The maximum Gasteiger partial charge on any atom is 0.220 e. The molecule has 2 unspecified atom stereocenters. The number of carbonyl (C=O) groups excluding carboxylic acids is 1. The highest BCUT2D eigenvalue weighted by atomic mass is 19.1. The van der Waals surface area contributed by atoms with Crippen LogP contribution in [0.25, 0.3) is 28.1 Å². The molecule has 1 amide bonds. The summed E-state index contributed by atoms with van der Waals surface area (Å²) in [6, 6.07) is 14.5. The molecule has 2 aromatic carbocycles. The van der Waals surface area contributed by atoms with E-state index in [0.29, 0.717) is 0 Å². The largest absolute Gasteiger partial charge is 0.392 e. The zero-order chi connectivity index (χ0) is 21.8. The molecular weight excluding hydrogens is 383 g/mol. The monoisotopic (exact) mass is 410 g/mol. The van der Waals surface area contributed by atoms with Gasteiger partial charge in [0.1, 0.15) is 5.82 Å². The predicted molar refractivity (Wildman–Crippen MR) is 117 cm³/mol. The summed E-state index contributed by atoms with van der Waals surface area (Å²) in [4.78, 5) is 10.9. The Morgan fingerprint density at radius 3 is 2.43 bits per heavy atom. The maximum atomic E-state index is 13.5. The van der Waals surface area contributed by atoms with E-state index in [4.69, 9.17) is 5.73 Å². The van der Waals surface area contributed by atoms with E-state index in [9.17, 15) is 19.4 Å². The average molecular weight is 410 g/mol. The molecule has 158 valence electrons. The molecule has 0 fully saturated rings. The van der Waals surface area contributed by atoms with Gasteiger partial charge in [-0.3, -0.25) is 4.79 Å². The second kappa shape index (κ2) is 9.24. The van der Waals surface area contributed by atoms with Crippen LogP contribution < -0.4 is 5.73 Å². The Morgan fingerprint density at radius 1 is 1.13 bits per heavy atom. The van der Waals surface area contributed by atoms with E-state index in [2.05, 4.69) is 18.4 Å². The molecule has 1 heterocycles. The zero-order valence-electron chi connectivity index (χ0n) is 17.1. The number of benzene rings is 2. The van der Waals surface area contributed by atoms with Crippen LogP contribution >= 0.6 is 0 Å². The third-order valence-corrected chi connectivity index (χ3v) is 5.02. The Kier molecular flexibility index (Phi) is 6.70. The summed E-state index contributed by atoms with van der Waals surface area (Å²) in [5, 5.41) is 21.2. The smallest absolute Gasteiger partial charge is 0.220 e. The van der Waals surface area contributed by atoms with Crippen molar-refractivity contribution in [2.24, 2.45) is 5.73 Å². The number of carbonyl (C=O) groups is 1. The van der Waals surface area contributed by atoms with Gasteiger partial charge in [0.2, 0.25) is 5.91 Å². The van der Waals surface area contributed by atoms with Crippen molar-refractivity contribution in [2.75, 3.05) is 0 Å². The van der Waals surface area contributed by atoms with Crippen LogP contribution in [0, 0.1) is 5.82 Å². The van der Waals surface area contributed by atoms with Gasteiger partial charge in [0.25, 0.3) is 0 Å². The van der Waals surface area contributed by atoms with Crippen LogP contribution in [-0.2, 0) is 4.79 Å². The van der Waals surface area contributed by atoms with Crippen molar-refractivity contribution in [1.29, 1.82) is 0 Å². The highest BCUT2D eigenvalue weighted by Gasteiger charge is 2.19. The predicted octanol–water partition coefficient (Wildman–Crippen LogP) is 4.03. The first-order chi connectivity index (χ1) is 14.3. The Hall–Kier alpha value is -2.96. The van der Waals surface area contributed by atoms with Gasteiger partial charge < -0.3 is 20.5 Å². The van der Waals surface area contributed by atoms with Crippen molar-refractivity contribution in [3.05, 3.63) is 66.1 Å². The van der Waals surface area contributed by atoms with Crippen molar-refractivity contribution in [3.63, 3.8) is 0 Å². The summed E-state index contributed by atoms with van der Waals surface area (Å²) in [7, 11) is 0. The third kappa shape index (κ3) is 4.78. The normalized spacial score (nSPS) is 13.9. The number of rotatable bonds is 8. The van der Waals surface area contributed by atoms with Gasteiger partial charge >= 0.3 is 0 Å². The summed E-state index contributed by atoms with van der Waals surface area (Å²) >= 11 is 0. The lowest BCUT2D eigenvalue weighted by molar-refractivity contribution is -0.120. The van der Waals surface area contributed by atoms with E-state index in [1.165, 1.54) is 12.1 Å². The van der Waals surface area contributed by atoms with Gasteiger partial charge in [-0.15, -0.1) is 0 Å². The van der Waals surface area contributed by atoms with Crippen LogP contribution in [0.5, 0.6) is 0 Å². The number of hydrogen-bond donors (Lipinski definition) is 3. The Morgan fingerprint density at radius 2 is 1.80 bits per heavy atom. The van der Waals surface area contributed by atoms with E-state index in [-0.39, 0.29) is 24.7 Å². The molecule has 3 rings (SSSR count). The lowest BCUT2D eigenvalue weighted by atomic mass is 10.0. The first-order valence-corrected chi connectivity index (χ1v) is 9.99. The summed E-state index contributed by atoms with van der Waals surface area (Å²) in [5.41, 5.74) is 8.82. The molecule has 2 atom stereocenters. The van der Waals surface area contributed by atoms with E-state index >= 15 is 0 Å². The quantitative estimate of drug-likeness (QED) is 0.524. The van der Waals surface area contributed by atoms with Gasteiger partial charge in [-0.1, -0.05) is 36.4 Å². The van der Waals surface area contributed by atoms with Crippen molar-refractivity contribution < 1.29 is 19.4 Å². The van der Waals surface area contributed by atoms with Gasteiger partial charge in [0, 0.05) is 34.6 Å². The summed E-state index contributed by atoms with van der Waals surface area (Å²) in [6.07, 6.45) is 1.28. The van der Waals surface area contributed by atoms with Crippen LogP contribution in [0.4, 0.5) is 4.39 Å². The van der Waals surface area contributed by atoms with E-state index < -0.39 is 18.1 Å². The first-order valence-electron chi connectivity index (χ1n) is 9.99. The van der Waals surface area contributed by atoms with Crippen LogP contribution in [0.15, 0.2) is 54.6 Å². The molecule has 0 aliphatic carbocycles. The summed E-state index contributed by atoms with van der Waals surface area (Å²) in [5.74, 6) is -0.917. The number of para-hydroxylation sites is 1. The summed E-state index contributed by atoms with van der Waals surface area (Å²) < 4.78 is 15.7. The average Bonchev–Trinajstić information content (AvgIpc) is 3.00. The van der Waals surface area contributed by atoms with Gasteiger partial charge in [-0.05, 0) is 43.7 Å². The number of aliphatic hydroxyl groups excluding tert-OH is 2. The highest BCUT2D eigenvalue weighted by Crippen LogP contribution is 2.38. The number of primary amides is 1. The van der Waals surface area contributed by atoms with Crippen molar-refractivity contribution >= 4 is 22.9 Å². The number of nitrogens with zero attached hydrogens (tertiary/aromatic N) is 1. The molecular formula is C24H27FN2O3. The second-order valence-electron chi connectivity index (χ2n) is 7.73. The molecule has 0 aliphatic rings. The fraction of sp³-hybridized carbons (Fsp3) is 0.292. The lowest BCUT2D eigenvalue weighted by Crippen LogP contribution is -2.23. The minimum atomic E-state index is -1.00.